The molecule has 0 aliphatic carbocycles. The molecule has 0 aliphatic rings. The van der Waals surface area contributed by atoms with E-state index in [2.05, 4.69) is 4.72 Å². The third-order valence-electron chi connectivity index (χ3n) is 2.95. The molecular formula is C15H14N2O3S. The minimum absolute atomic E-state index is 0.0690. The molecule has 21 heavy (non-hydrogen) atoms. The van der Waals surface area contributed by atoms with Crippen molar-refractivity contribution in [3.63, 3.8) is 0 Å². The molecule has 0 aromatic heterocycles. The van der Waals surface area contributed by atoms with Crippen molar-refractivity contribution in [3.8, 4) is 6.07 Å². The van der Waals surface area contributed by atoms with E-state index in [4.69, 9.17) is 5.26 Å². The van der Waals surface area contributed by atoms with Crippen molar-refractivity contribution >= 4 is 15.7 Å². The summed E-state index contributed by atoms with van der Waals surface area (Å²) in [7, 11) is -3.90. The van der Waals surface area contributed by atoms with Gasteiger partial charge in [0.25, 0.3) is 10.0 Å². The molecule has 0 bridgehead atoms. The summed E-state index contributed by atoms with van der Waals surface area (Å²) in [4.78, 5) is -0.0899. The van der Waals surface area contributed by atoms with Gasteiger partial charge in [0.05, 0.1) is 17.4 Å². The van der Waals surface area contributed by atoms with Gasteiger partial charge in [0.1, 0.15) is 11.0 Å². The molecule has 108 valence electrons. The first kappa shape index (κ1) is 15.0. The molecule has 0 saturated heterocycles. The van der Waals surface area contributed by atoms with Gasteiger partial charge in [-0.25, -0.2) is 8.42 Å². The average Bonchev–Trinajstić information content (AvgIpc) is 2.47. The predicted octanol–water partition coefficient (Wildman–Crippen LogP) is 2.41. The van der Waals surface area contributed by atoms with E-state index in [1.165, 1.54) is 12.1 Å². The number of hydrogen-bond donors (Lipinski definition) is 2. The topological polar surface area (TPSA) is 90.2 Å². The van der Waals surface area contributed by atoms with Gasteiger partial charge in [0.2, 0.25) is 0 Å². The number of hydrogen-bond acceptors (Lipinski definition) is 4. The number of nitrogens with one attached hydrogen (secondary N) is 1. The van der Waals surface area contributed by atoms with Crippen molar-refractivity contribution in [1.82, 2.24) is 0 Å². The molecular weight excluding hydrogens is 288 g/mol. The van der Waals surface area contributed by atoms with E-state index in [0.717, 1.165) is 0 Å². The molecule has 0 spiro atoms. The standard InChI is InChI=1S/C15H14N2O3S/c1-11(18)13-7-3-4-8-14(13)17-21(19,20)15-9-5-2-6-12(15)10-16/h2-9,11,17-18H,1H3. The van der Waals surface area contributed by atoms with Crippen molar-refractivity contribution in [1.29, 1.82) is 5.26 Å². The lowest BCUT2D eigenvalue weighted by molar-refractivity contribution is 0.200. The van der Waals surface area contributed by atoms with Gasteiger partial charge in [-0.1, -0.05) is 30.3 Å². The quantitative estimate of drug-likeness (QED) is 0.907. The second-order valence-electron chi connectivity index (χ2n) is 4.48. The number of para-hydroxylation sites is 1. The summed E-state index contributed by atoms with van der Waals surface area (Å²) >= 11 is 0. The SMILES string of the molecule is CC(O)c1ccccc1NS(=O)(=O)c1ccccc1C#N. The third kappa shape index (κ3) is 3.21. The molecule has 2 aromatic carbocycles. The molecule has 0 amide bonds. The van der Waals surface area contributed by atoms with Gasteiger partial charge in [0, 0.05) is 5.56 Å². The maximum atomic E-state index is 12.4. The average molecular weight is 302 g/mol. The van der Waals surface area contributed by atoms with Crippen LogP contribution in [-0.4, -0.2) is 13.5 Å². The Morgan fingerprint density at radius 2 is 1.76 bits per heavy atom. The Bertz CT molecular complexity index is 793. The van der Waals surface area contributed by atoms with Crippen LogP contribution in [0.25, 0.3) is 0 Å². The normalized spacial score (nSPS) is 12.4. The van der Waals surface area contributed by atoms with Crippen LogP contribution in [-0.2, 0) is 10.0 Å². The molecule has 0 saturated carbocycles. The lowest BCUT2D eigenvalue weighted by atomic mass is 10.1. The van der Waals surface area contributed by atoms with Crippen LogP contribution in [0.15, 0.2) is 53.4 Å². The molecule has 2 rings (SSSR count). The third-order valence-corrected chi connectivity index (χ3v) is 4.38. The zero-order valence-corrected chi connectivity index (χ0v) is 12.1. The van der Waals surface area contributed by atoms with Crippen LogP contribution in [0, 0.1) is 11.3 Å². The number of aliphatic hydroxyl groups is 1. The van der Waals surface area contributed by atoms with E-state index in [1.807, 2.05) is 6.07 Å². The van der Waals surface area contributed by atoms with Gasteiger partial charge in [-0.2, -0.15) is 5.26 Å². The minimum atomic E-state index is -3.90. The van der Waals surface area contributed by atoms with Crippen LogP contribution in [0.2, 0.25) is 0 Å². The fourth-order valence-electron chi connectivity index (χ4n) is 1.95. The van der Waals surface area contributed by atoms with Gasteiger partial charge in [-0.05, 0) is 25.1 Å². The van der Waals surface area contributed by atoms with E-state index in [-0.39, 0.29) is 10.5 Å². The number of anilines is 1. The zero-order chi connectivity index (χ0) is 15.5. The van der Waals surface area contributed by atoms with Crippen LogP contribution in [0.1, 0.15) is 24.2 Å². The van der Waals surface area contributed by atoms with E-state index >= 15 is 0 Å². The number of benzene rings is 2. The van der Waals surface area contributed by atoms with Crippen LogP contribution in [0.4, 0.5) is 5.69 Å². The summed E-state index contributed by atoms with van der Waals surface area (Å²) < 4.78 is 27.2. The molecule has 0 fully saturated rings. The first-order valence-corrected chi connectivity index (χ1v) is 7.73. The summed E-state index contributed by atoms with van der Waals surface area (Å²) in [5.74, 6) is 0. The summed E-state index contributed by atoms with van der Waals surface area (Å²) in [6.45, 7) is 1.55. The molecule has 2 aromatic rings. The number of rotatable bonds is 4. The van der Waals surface area contributed by atoms with Crippen molar-refractivity contribution in [2.24, 2.45) is 0 Å². The summed E-state index contributed by atoms with van der Waals surface area (Å²) in [6, 6.07) is 14.4. The Morgan fingerprint density at radius 3 is 2.43 bits per heavy atom. The molecule has 6 heteroatoms. The predicted molar refractivity (Wildman–Crippen MR) is 79.0 cm³/mol. The fourth-order valence-corrected chi connectivity index (χ4v) is 3.19. The molecule has 0 radical (unpaired) electrons. The van der Waals surface area contributed by atoms with Crippen LogP contribution in [0.5, 0.6) is 0 Å². The first-order chi connectivity index (χ1) is 9.95. The Balaban J connectivity index is 2.46. The Kier molecular flexibility index (Phi) is 4.26. The number of nitriles is 1. The highest BCUT2D eigenvalue weighted by Crippen LogP contribution is 2.25. The molecule has 0 heterocycles. The summed E-state index contributed by atoms with van der Waals surface area (Å²) in [5.41, 5.74) is 0.829. The van der Waals surface area contributed by atoms with Gasteiger partial charge >= 0.3 is 0 Å². The van der Waals surface area contributed by atoms with Crippen LogP contribution >= 0.6 is 0 Å². The zero-order valence-electron chi connectivity index (χ0n) is 11.3. The molecule has 0 aliphatic heterocycles. The second kappa shape index (κ2) is 5.95. The lowest BCUT2D eigenvalue weighted by Crippen LogP contribution is -2.16. The first-order valence-electron chi connectivity index (χ1n) is 6.24. The summed E-state index contributed by atoms with van der Waals surface area (Å²) in [6.07, 6.45) is -0.810. The van der Waals surface area contributed by atoms with Crippen molar-refractivity contribution in [2.75, 3.05) is 4.72 Å². The van der Waals surface area contributed by atoms with Gasteiger partial charge in [0.15, 0.2) is 0 Å². The van der Waals surface area contributed by atoms with Crippen molar-refractivity contribution in [2.45, 2.75) is 17.9 Å². The van der Waals surface area contributed by atoms with E-state index < -0.39 is 16.1 Å². The number of nitrogens with zero attached hydrogens (tertiary/aromatic N) is 1. The fraction of sp³-hybridized carbons (Fsp3) is 0.133. The highest BCUT2D eigenvalue weighted by Gasteiger charge is 2.20. The second-order valence-corrected chi connectivity index (χ2v) is 6.13. The lowest BCUT2D eigenvalue weighted by Gasteiger charge is -2.14. The maximum absolute atomic E-state index is 12.4. The monoisotopic (exact) mass is 302 g/mol. The molecule has 2 N–H and O–H groups in total. The van der Waals surface area contributed by atoms with E-state index in [9.17, 15) is 13.5 Å². The molecule has 5 nitrogen and oxygen atoms in total. The van der Waals surface area contributed by atoms with Crippen molar-refractivity contribution < 1.29 is 13.5 Å². The van der Waals surface area contributed by atoms with E-state index in [0.29, 0.717) is 11.3 Å². The summed E-state index contributed by atoms with van der Waals surface area (Å²) in [5, 5.41) is 18.7. The highest BCUT2D eigenvalue weighted by atomic mass is 32.2. The van der Waals surface area contributed by atoms with Gasteiger partial charge in [-0.3, -0.25) is 4.72 Å². The molecule has 1 atom stereocenters. The largest absolute Gasteiger partial charge is 0.389 e. The minimum Gasteiger partial charge on any atom is -0.389 e. The maximum Gasteiger partial charge on any atom is 0.263 e. The Morgan fingerprint density at radius 1 is 1.14 bits per heavy atom. The number of aliphatic hydroxyl groups excluding tert-OH is 1. The Hall–Kier alpha value is -2.36. The number of sulfonamides is 1. The smallest absolute Gasteiger partial charge is 0.263 e. The highest BCUT2D eigenvalue weighted by molar-refractivity contribution is 7.92. The van der Waals surface area contributed by atoms with Gasteiger partial charge in [-0.15, -0.1) is 0 Å². The molecule has 1 unspecified atom stereocenters. The van der Waals surface area contributed by atoms with Gasteiger partial charge < -0.3 is 5.11 Å². The van der Waals surface area contributed by atoms with Crippen LogP contribution < -0.4 is 4.72 Å². The Labute approximate surface area is 123 Å². The van der Waals surface area contributed by atoms with Crippen molar-refractivity contribution in [3.05, 3.63) is 59.7 Å². The van der Waals surface area contributed by atoms with Crippen LogP contribution in [0.3, 0.4) is 0 Å². The van der Waals surface area contributed by atoms with E-state index in [1.54, 1.807) is 43.3 Å².